The summed E-state index contributed by atoms with van der Waals surface area (Å²) in [7, 11) is 0. The van der Waals surface area contributed by atoms with Crippen molar-refractivity contribution in [3.63, 3.8) is 0 Å². The maximum Gasteiger partial charge on any atom is 0.122 e. The van der Waals surface area contributed by atoms with Gasteiger partial charge in [-0.2, -0.15) is 0 Å². The van der Waals surface area contributed by atoms with Crippen LogP contribution in [0, 0.1) is 0 Å². The number of benzene rings is 1. The van der Waals surface area contributed by atoms with Crippen molar-refractivity contribution in [2.45, 2.75) is 52.4 Å². The largest absolute Gasteiger partial charge is 0.507 e. The van der Waals surface area contributed by atoms with Gasteiger partial charge in [0.15, 0.2) is 0 Å². The number of phenolic OH excluding ortho intramolecular Hbond substituents is 1. The van der Waals surface area contributed by atoms with Gasteiger partial charge < -0.3 is 5.11 Å². The van der Waals surface area contributed by atoms with E-state index in [1.165, 1.54) is 0 Å². The molecule has 114 valence electrons. The smallest absolute Gasteiger partial charge is 0.122 e. The monoisotopic (exact) mass is 324 g/mol. The maximum atomic E-state index is 10.5. The Morgan fingerprint density at radius 3 is 2.00 bits per heavy atom. The molecule has 2 rings (SSSR count). The Bertz CT molecular complexity index is 581. The lowest BCUT2D eigenvalue weighted by Crippen LogP contribution is -2.00. The lowest BCUT2D eigenvalue weighted by molar-refractivity contribution is 0.454. The first kappa shape index (κ1) is 16.5. The second kappa shape index (κ2) is 6.46. The quantitative estimate of drug-likeness (QED) is 0.672. The molecule has 0 amide bonds. The maximum absolute atomic E-state index is 10.5. The molecule has 0 spiro atoms. The van der Waals surface area contributed by atoms with Crippen molar-refractivity contribution >= 4 is 28.8 Å². The standard InChI is InChI=1S/C18H22Cl2O/c1-10(2)14-8-12(9-15(11(3)4)18(14)21)13-6-5-7-16(19)17(13)20/h6,8-11,21H,5,7H2,1-4H3. The summed E-state index contributed by atoms with van der Waals surface area (Å²) in [6.45, 7) is 8.34. The van der Waals surface area contributed by atoms with Gasteiger partial charge in [0.1, 0.15) is 5.75 Å². The van der Waals surface area contributed by atoms with Crippen LogP contribution in [0.3, 0.4) is 0 Å². The average molecular weight is 325 g/mol. The van der Waals surface area contributed by atoms with E-state index in [1.54, 1.807) is 0 Å². The zero-order valence-corrected chi connectivity index (χ0v) is 14.5. The topological polar surface area (TPSA) is 20.2 Å². The molecule has 0 aliphatic heterocycles. The molecular weight excluding hydrogens is 303 g/mol. The van der Waals surface area contributed by atoms with E-state index in [0.717, 1.165) is 40.1 Å². The lowest BCUT2D eigenvalue weighted by atomic mass is 9.88. The second-order valence-corrected chi connectivity index (χ2v) is 7.02. The summed E-state index contributed by atoms with van der Waals surface area (Å²) < 4.78 is 0. The minimum atomic E-state index is 0.255. The molecular formula is C18H22Cl2O. The summed E-state index contributed by atoms with van der Waals surface area (Å²) in [5.74, 6) is 0.918. The van der Waals surface area contributed by atoms with Crippen LogP contribution in [0.1, 0.15) is 69.1 Å². The molecule has 0 saturated heterocycles. The van der Waals surface area contributed by atoms with Gasteiger partial charge in [0.25, 0.3) is 0 Å². The van der Waals surface area contributed by atoms with Gasteiger partial charge in [0.2, 0.25) is 0 Å². The highest BCUT2D eigenvalue weighted by Crippen LogP contribution is 2.41. The van der Waals surface area contributed by atoms with Crippen molar-refractivity contribution in [1.29, 1.82) is 0 Å². The fourth-order valence-electron chi connectivity index (χ4n) is 2.65. The van der Waals surface area contributed by atoms with Crippen LogP contribution < -0.4 is 0 Å². The summed E-state index contributed by atoms with van der Waals surface area (Å²) in [5, 5.41) is 11.8. The highest BCUT2D eigenvalue weighted by molar-refractivity contribution is 6.44. The van der Waals surface area contributed by atoms with E-state index >= 15 is 0 Å². The van der Waals surface area contributed by atoms with Gasteiger partial charge in [0.05, 0.1) is 5.03 Å². The molecule has 1 N–H and O–H groups in total. The number of allylic oxidation sites excluding steroid dienone is 4. The number of aromatic hydroxyl groups is 1. The number of halogens is 2. The van der Waals surface area contributed by atoms with Gasteiger partial charge >= 0.3 is 0 Å². The van der Waals surface area contributed by atoms with Crippen molar-refractivity contribution in [3.05, 3.63) is 45.0 Å². The molecule has 1 aromatic rings. The Hall–Kier alpha value is -0.920. The van der Waals surface area contributed by atoms with Crippen LogP contribution in [0.4, 0.5) is 0 Å². The number of hydrogen-bond donors (Lipinski definition) is 1. The lowest BCUT2D eigenvalue weighted by Gasteiger charge is -2.20. The molecule has 3 heteroatoms. The molecule has 1 aromatic carbocycles. The highest BCUT2D eigenvalue weighted by atomic mass is 35.5. The summed E-state index contributed by atoms with van der Waals surface area (Å²) in [4.78, 5) is 0. The Labute approximate surface area is 137 Å². The van der Waals surface area contributed by atoms with E-state index in [1.807, 2.05) is 12.1 Å². The van der Waals surface area contributed by atoms with Gasteiger partial charge in [-0.05, 0) is 59.1 Å². The molecule has 0 fully saturated rings. The van der Waals surface area contributed by atoms with Crippen LogP contribution in [-0.2, 0) is 0 Å². The van der Waals surface area contributed by atoms with Crippen LogP contribution in [0.25, 0.3) is 5.57 Å². The van der Waals surface area contributed by atoms with E-state index in [4.69, 9.17) is 23.2 Å². The van der Waals surface area contributed by atoms with E-state index in [0.29, 0.717) is 10.8 Å². The first-order valence-electron chi connectivity index (χ1n) is 7.44. The van der Waals surface area contributed by atoms with Crippen molar-refractivity contribution in [3.8, 4) is 5.75 Å². The first-order chi connectivity index (χ1) is 9.82. The average Bonchev–Trinajstić information content (AvgIpc) is 2.41. The summed E-state index contributed by atoms with van der Waals surface area (Å²) >= 11 is 12.6. The Kier molecular flexibility index (Phi) is 5.06. The molecule has 1 nitrogen and oxygen atoms in total. The zero-order valence-electron chi connectivity index (χ0n) is 13.0. The molecule has 0 saturated carbocycles. The molecule has 0 atom stereocenters. The van der Waals surface area contributed by atoms with Gasteiger partial charge in [-0.25, -0.2) is 0 Å². The molecule has 21 heavy (non-hydrogen) atoms. The van der Waals surface area contributed by atoms with Gasteiger partial charge in [-0.15, -0.1) is 0 Å². The van der Waals surface area contributed by atoms with Gasteiger partial charge in [-0.1, -0.05) is 57.0 Å². The highest BCUT2D eigenvalue weighted by Gasteiger charge is 2.20. The van der Waals surface area contributed by atoms with Crippen molar-refractivity contribution in [1.82, 2.24) is 0 Å². The molecule has 0 unspecified atom stereocenters. The predicted octanol–water partition coefficient (Wildman–Crippen LogP) is 6.51. The molecule has 0 radical (unpaired) electrons. The Balaban J connectivity index is 2.63. The van der Waals surface area contributed by atoms with Crippen molar-refractivity contribution in [2.75, 3.05) is 0 Å². The second-order valence-electron chi connectivity index (χ2n) is 6.19. The molecule has 0 aromatic heterocycles. The number of rotatable bonds is 3. The third-order valence-electron chi connectivity index (χ3n) is 3.91. The minimum Gasteiger partial charge on any atom is -0.507 e. The van der Waals surface area contributed by atoms with Crippen LogP contribution in [0.2, 0.25) is 0 Å². The molecule has 0 heterocycles. The fourth-order valence-corrected chi connectivity index (χ4v) is 3.14. The Morgan fingerprint density at radius 1 is 1.00 bits per heavy atom. The van der Waals surface area contributed by atoms with E-state index in [-0.39, 0.29) is 11.8 Å². The molecule has 1 aliphatic rings. The summed E-state index contributed by atoms with van der Waals surface area (Å²) in [6, 6.07) is 4.07. The van der Waals surface area contributed by atoms with Crippen LogP contribution >= 0.6 is 23.2 Å². The summed E-state index contributed by atoms with van der Waals surface area (Å²) in [6.07, 6.45) is 3.84. The predicted molar refractivity (Wildman–Crippen MR) is 92.2 cm³/mol. The van der Waals surface area contributed by atoms with Crippen molar-refractivity contribution in [2.24, 2.45) is 0 Å². The van der Waals surface area contributed by atoms with Gasteiger partial charge in [-0.3, -0.25) is 0 Å². The van der Waals surface area contributed by atoms with Crippen LogP contribution in [0.5, 0.6) is 5.75 Å². The van der Waals surface area contributed by atoms with Crippen LogP contribution in [-0.4, -0.2) is 5.11 Å². The number of hydrogen-bond acceptors (Lipinski definition) is 1. The van der Waals surface area contributed by atoms with Gasteiger partial charge in [0, 0.05) is 5.03 Å². The first-order valence-corrected chi connectivity index (χ1v) is 8.20. The summed E-state index contributed by atoms with van der Waals surface area (Å²) in [5.41, 5.74) is 3.95. The Morgan fingerprint density at radius 2 is 1.52 bits per heavy atom. The van der Waals surface area contributed by atoms with E-state index < -0.39 is 0 Å². The third kappa shape index (κ3) is 3.30. The molecule has 0 bridgehead atoms. The zero-order chi connectivity index (χ0) is 15.7. The normalized spacial score (nSPS) is 15.9. The van der Waals surface area contributed by atoms with E-state index in [2.05, 4.69) is 33.8 Å². The van der Waals surface area contributed by atoms with Crippen LogP contribution in [0.15, 0.2) is 28.3 Å². The fraction of sp³-hybridized carbons (Fsp3) is 0.444. The number of phenols is 1. The van der Waals surface area contributed by atoms with Crippen molar-refractivity contribution < 1.29 is 5.11 Å². The SMILES string of the molecule is CC(C)c1cc(C2=CCCC(Cl)=C2Cl)cc(C(C)C)c1O. The third-order valence-corrected chi connectivity index (χ3v) is 4.82. The molecule has 1 aliphatic carbocycles. The minimum absolute atomic E-state index is 0.255. The van der Waals surface area contributed by atoms with E-state index in [9.17, 15) is 5.11 Å².